The molecule has 0 heterocycles. The molecule has 0 amide bonds. The summed E-state index contributed by atoms with van der Waals surface area (Å²) in [6.07, 6.45) is 1.60. The van der Waals surface area contributed by atoms with Crippen LogP contribution in [0.15, 0.2) is 0 Å². The van der Waals surface area contributed by atoms with E-state index in [1.54, 1.807) is 13.4 Å². The van der Waals surface area contributed by atoms with Crippen LogP contribution in [-0.4, -0.2) is 33.2 Å². The van der Waals surface area contributed by atoms with Crippen molar-refractivity contribution in [3.8, 4) is 0 Å². The van der Waals surface area contributed by atoms with Crippen LogP contribution in [0, 0.1) is 0 Å². The Labute approximate surface area is 48.6 Å². The van der Waals surface area contributed by atoms with Gasteiger partial charge in [-0.15, -0.1) is 0 Å². The monoisotopic (exact) mass is 117 g/mol. The van der Waals surface area contributed by atoms with E-state index < -0.39 is 0 Å². The van der Waals surface area contributed by atoms with Crippen LogP contribution in [0.3, 0.4) is 0 Å². The van der Waals surface area contributed by atoms with Crippen molar-refractivity contribution < 1.29 is 14.3 Å². The summed E-state index contributed by atoms with van der Waals surface area (Å²) in [6.45, 7) is 1.04. The van der Waals surface area contributed by atoms with E-state index in [1.165, 1.54) is 0 Å². The van der Waals surface area contributed by atoms with Crippen molar-refractivity contribution in [1.82, 2.24) is 0 Å². The molecule has 0 aliphatic carbocycles. The minimum Gasteiger partial charge on any atom is -0.382 e. The summed E-state index contributed by atoms with van der Waals surface area (Å²) in [5.74, 6) is 0. The van der Waals surface area contributed by atoms with E-state index in [0.29, 0.717) is 13.2 Å². The third-order valence-electron chi connectivity index (χ3n) is 0.593. The molecule has 1 radical (unpaired) electrons. The first-order valence-electron chi connectivity index (χ1n) is 2.33. The van der Waals surface area contributed by atoms with Gasteiger partial charge in [0.05, 0.1) is 13.2 Å². The molecule has 0 aromatic heterocycles. The SMILES string of the molecule is COCCOC[C]=O. The molecule has 0 fully saturated rings. The predicted molar refractivity (Wildman–Crippen MR) is 28.4 cm³/mol. The second-order valence-electron chi connectivity index (χ2n) is 1.19. The highest BCUT2D eigenvalue weighted by atomic mass is 16.5. The van der Waals surface area contributed by atoms with Crippen molar-refractivity contribution in [2.45, 2.75) is 0 Å². The Morgan fingerprint density at radius 3 is 2.75 bits per heavy atom. The fourth-order valence-corrected chi connectivity index (χ4v) is 0.256. The van der Waals surface area contributed by atoms with E-state index in [1.807, 2.05) is 0 Å². The summed E-state index contributed by atoms with van der Waals surface area (Å²) < 4.78 is 9.31. The smallest absolute Gasteiger partial charge is 0.226 e. The molecular weight excluding hydrogens is 108 g/mol. The van der Waals surface area contributed by atoms with Crippen molar-refractivity contribution in [2.24, 2.45) is 0 Å². The highest BCUT2D eigenvalue weighted by molar-refractivity contribution is 5.51. The molecule has 0 unspecified atom stereocenters. The van der Waals surface area contributed by atoms with Crippen molar-refractivity contribution >= 4 is 6.29 Å². The highest BCUT2D eigenvalue weighted by Gasteiger charge is 1.82. The van der Waals surface area contributed by atoms with Gasteiger partial charge in [-0.2, -0.15) is 0 Å². The molecule has 0 aliphatic heterocycles. The van der Waals surface area contributed by atoms with Gasteiger partial charge in [0.25, 0.3) is 0 Å². The van der Waals surface area contributed by atoms with Gasteiger partial charge in [0.1, 0.15) is 6.61 Å². The zero-order valence-corrected chi connectivity index (χ0v) is 4.85. The Morgan fingerprint density at radius 1 is 1.50 bits per heavy atom. The van der Waals surface area contributed by atoms with Gasteiger partial charge in [0, 0.05) is 7.11 Å². The first kappa shape index (κ1) is 7.59. The van der Waals surface area contributed by atoms with E-state index in [4.69, 9.17) is 0 Å². The van der Waals surface area contributed by atoms with E-state index in [2.05, 4.69) is 9.47 Å². The summed E-state index contributed by atoms with van der Waals surface area (Å²) in [5.41, 5.74) is 0. The van der Waals surface area contributed by atoms with Gasteiger partial charge >= 0.3 is 0 Å². The minimum atomic E-state index is 0.0450. The van der Waals surface area contributed by atoms with Crippen LogP contribution in [0.25, 0.3) is 0 Å². The summed E-state index contributed by atoms with van der Waals surface area (Å²) in [7, 11) is 1.58. The van der Waals surface area contributed by atoms with Gasteiger partial charge in [-0.05, 0) is 0 Å². The second kappa shape index (κ2) is 6.59. The Bertz CT molecular complexity index is 53.6. The first-order valence-corrected chi connectivity index (χ1v) is 2.33. The molecule has 3 nitrogen and oxygen atoms in total. The lowest BCUT2D eigenvalue weighted by Crippen LogP contribution is -2.02. The highest BCUT2D eigenvalue weighted by Crippen LogP contribution is 1.70. The Hall–Kier alpha value is -0.410. The molecule has 0 bridgehead atoms. The van der Waals surface area contributed by atoms with Crippen LogP contribution < -0.4 is 0 Å². The molecule has 3 heteroatoms. The minimum absolute atomic E-state index is 0.0450. The van der Waals surface area contributed by atoms with Crippen molar-refractivity contribution in [2.75, 3.05) is 26.9 Å². The van der Waals surface area contributed by atoms with Crippen LogP contribution in [0.5, 0.6) is 0 Å². The van der Waals surface area contributed by atoms with E-state index in [0.717, 1.165) is 0 Å². The Kier molecular flexibility index (Phi) is 6.25. The number of hydrogen-bond acceptors (Lipinski definition) is 3. The molecule has 0 saturated carbocycles. The van der Waals surface area contributed by atoms with Crippen LogP contribution in [0.1, 0.15) is 0 Å². The molecular formula is C5H9O3. The van der Waals surface area contributed by atoms with E-state index in [9.17, 15) is 4.79 Å². The van der Waals surface area contributed by atoms with Gasteiger partial charge in [0.2, 0.25) is 6.29 Å². The summed E-state index contributed by atoms with van der Waals surface area (Å²) in [5, 5.41) is 0. The third kappa shape index (κ3) is 5.59. The van der Waals surface area contributed by atoms with Crippen molar-refractivity contribution in [3.63, 3.8) is 0 Å². The maximum atomic E-state index is 9.48. The van der Waals surface area contributed by atoms with Gasteiger partial charge in [-0.25, -0.2) is 0 Å². The summed E-state index contributed by atoms with van der Waals surface area (Å²) >= 11 is 0. The van der Waals surface area contributed by atoms with Gasteiger partial charge in [0.15, 0.2) is 0 Å². The molecule has 0 aliphatic rings. The lowest BCUT2D eigenvalue weighted by molar-refractivity contribution is 0.0893. The lowest BCUT2D eigenvalue weighted by atomic mass is 10.7. The lowest BCUT2D eigenvalue weighted by Gasteiger charge is -1.95. The quantitative estimate of drug-likeness (QED) is 0.466. The number of carbonyl (C=O) groups excluding carboxylic acids is 1. The number of hydrogen-bond donors (Lipinski definition) is 0. The maximum absolute atomic E-state index is 9.48. The number of ether oxygens (including phenoxy) is 2. The predicted octanol–water partition coefficient (Wildman–Crippen LogP) is -0.241. The summed E-state index contributed by atoms with van der Waals surface area (Å²) in [4.78, 5) is 9.48. The molecule has 0 saturated heterocycles. The summed E-state index contributed by atoms with van der Waals surface area (Å²) in [6, 6.07) is 0. The van der Waals surface area contributed by atoms with Crippen LogP contribution in [0.2, 0.25) is 0 Å². The number of methoxy groups -OCH3 is 1. The molecule has 0 spiro atoms. The van der Waals surface area contributed by atoms with Crippen molar-refractivity contribution in [3.05, 3.63) is 0 Å². The van der Waals surface area contributed by atoms with Gasteiger partial charge in [-0.3, -0.25) is 4.79 Å². The first-order chi connectivity index (χ1) is 3.91. The largest absolute Gasteiger partial charge is 0.382 e. The number of rotatable bonds is 5. The van der Waals surface area contributed by atoms with Crippen LogP contribution in [-0.2, 0) is 14.3 Å². The molecule has 0 rings (SSSR count). The van der Waals surface area contributed by atoms with Gasteiger partial charge in [-0.1, -0.05) is 0 Å². The Balaban J connectivity index is 2.62. The molecule has 47 valence electrons. The molecule has 0 N–H and O–H groups in total. The van der Waals surface area contributed by atoms with E-state index >= 15 is 0 Å². The average Bonchev–Trinajstić information content (AvgIpc) is 1.81. The van der Waals surface area contributed by atoms with Crippen LogP contribution in [0.4, 0.5) is 0 Å². The standard InChI is InChI=1S/C5H9O3/c1-7-4-5-8-3-2-6/h3-5H2,1H3. The zero-order chi connectivity index (χ0) is 6.24. The molecule has 0 atom stereocenters. The second-order valence-corrected chi connectivity index (χ2v) is 1.19. The fourth-order valence-electron chi connectivity index (χ4n) is 0.256. The molecule has 0 aromatic carbocycles. The third-order valence-corrected chi connectivity index (χ3v) is 0.593. The topological polar surface area (TPSA) is 35.5 Å². The maximum Gasteiger partial charge on any atom is 0.226 e. The van der Waals surface area contributed by atoms with Gasteiger partial charge < -0.3 is 9.47 Å². The Morgan fingerprint density at radius 2 is 2.25 bits per heavy atom. The fraction of sp³-hybridized carbons (Fsp3) is 0.800. The zero-order valence-electron chi connectivity index (χ0n) is 4.85. The van der Waals surface area contributed by atoms with Crippen molar-refractivity contribution in [1.29, 1.82) is 0 Å². The normalized spacial score (nSPS) is 9.12. The average molecular weight is 117 g/mol. The molecule has 8 heavy (non-hydrogen) atoms. The van der Waals surface area contributed by atoms with E-state index in [-0.39, 0.29) is 6.61 Å². The van der Waals surface area contributed by atoms with Crippen LogP contribution >= 0.6 is 0 Å². The molecule has 0 aromatic rings.